The van der Waals surface area contributed by atoms with Gasteiger partial charge in [0.1, 0.15) is 0 Å². The van der Waals surface area contributed by atoms with Gasteiger partial charge in [-0.25, -0.2) is 0 Å². The van der Waals surface area contributed by atoms with Crippen molar-refractivity contribution >= 4 is 11.8 Å². The van der Waals surface area contributed by atoms with Crippen LogP contribution in [0.5, 0.6) is 0 Å². The minimum atomic E-state index is -0.609. The van der Waals surface area contributed by atoms with E-state index in [9.17, 15) is 14.7 Å². The molecule has 0 bridgehead atoms. The van der Waals surface area contributed by atoms with Gasteiger partial charge in [0.05, 0.1) is 6.10 Å². The third-order valence-electron chi connectivity index (χ3n) is 5.46. The summed E-state index contributed by atoms with van der Waals surface area (Å²) in [4.78, 5) is 28.6. The zero-order valence-corrected chi connectivity index (χ0v) is 18.1. The Morgan fingerprint density at radius 2 is 1.73 bits per heavy atom. The fraction of sp³-hybridized carbons (Fsp3) is 0.636. The Balaban J connectivity index is 1.71. The van der Waals surface area contributed by atoms with Crippen molar-refractivity contribution in [3.63, 3.8) is 0 Å². The number of nitrogens with zero attached hydrogens (tertiary/aromatic N) is 2. The van der Waals surface area contributed by atoms with Gasteiger partial charge >= 0.3 is 11.8 Å². The summed E-state index contributed by atoms with van der Waals surface area (Å²) >= 11 is 0. The van der Waals surface area contributed by atoms with Gasteiger partial charge < -0.3 is 26.4 Å². The molecule has 0 aliphatic carbocycles. The minimum Gasteiger partial charge on any atom is -0.393 e. The van der Waals surface area contributed by atoms with Crippen LogP contribution in [0.4, 0.5) is 0 Å². The standard InChI is InChI=1S/C22H37N5O3/c1-26(12-4-10-23)13-5-11-24-21(29)22(30)25-16-18-6-2-3-7-19(18)17-27-14-8-20(28)9-15-27/h2-3,6-7,20,28H,4-5,8-17,23H2,1H3,(H,24,29)(H,25,30). The molecule has 2 rings (SSSR count). The molecule has 0 saturated carbocycles. The summed E-state index contributed by atoms with van der Waals surface area (Å²) in [6.07, 6.45) is 3.13. The van der Waals surface area contributed by atoms with Crippen molar-refractivity contribution in [2.45, 2.75) is 44.9 Å². The number of likely N-dealkylation sites (tertiary alicyclic amines) is 1. The minimum absolute atomic E-state index is 0.194. The SMILES string of the molecule is CN(CCCN)CCCNC(=O)C(=O)NCc1ccccc1CN1CCC(O)CC1. The number of benzene rings is 1. The smallest absolute Gasteiger partial charge is 0.309 e. The van der Waals surface area contributed by atoms with Gasteiger partial charge in [0.15, 0.2) is 0 Å². The van der Waals surface area contributed by atoms with Gasteiger partial charge in [0.25, 0.3) is 0 Å². The van der Waals surface area contributed by atoms with Crippen LogP contribution < -0.4 is 16.4 Å². The van der Waals surface area contributed by atoms with E-state index in [1.54, 1.807) is 0 Å². The molecule has 1 aliphatic heterocycles. The van der Waals surface area contributed by atoms with Gasteiger partial charge in [-0.15, -0.1) is 0 Å². The van der Waals surface area contributed by atoms with Crippen LogP contribution in [0.25, 0.3) is 0 Å². The lowest BCUT2D eigenvalue weighted by Crippen LogP contribution is -2.40. The molecule has 168 valence electrons. The van der Waals surface area contributed by atoms with E-state index in [4.69, 9.17) is 5.73 Å². The second-order valence-corrected chi connectivity index (χ2v) is 8.01. The number of aliphatic hydroxyl groups is 1. The van der Waals surface area contributed by atoms with Crippen molar-refractivity contribution < 1.29 is 14.7 Å². The highest BCUT2D eigenvalue weighted by atomic mass is 16.3. The summed E-state index contributed by atoms with van der Waals surface area (Å²) in [6.45, 7) is 5.76. The first-order valence-electron chi connectivity index (χ1n) is 10.9. The maximum atomic E-state index is 12.1. The quantitative estimate of drug-likeness (QED) is 0.298. The van der Waals surface area contributed by atoms with Crippen LogP contribution in [-0.2, 0) is 22.7 Å². The van der Waals surface area contributed by atoms with Crippen LogP contribution in [0.2, 0.25) is 0 Å². The van der Waals surface area contributed by atoms with Gasteiger partial charge in [0, 0.05) is 32.7 Å². The monoisotopic (exact) mass is 419 g/mol. The molecule has 1 heterocycles. The van der Waals surface area contributed by atoms with Gasteiger partial charge in [-0.3, -0.25) is 14.5 Å². The van der Waals surface area contributed by atoms with Crippen molar-refractivity contribution in [1.29, 1.82) is 0 Å². The average molecular weight is 420 g/mol. The number of hydrogen-bond donors (Lipinski definition) is 4. The first-order valence-corrected chi connectivity index (χ1v) is 10.9. The van der Waals surface area contributed by atoms with Crippen molar-refractivity contribution in [2.24, 2.45) is 5.73 Å². The summed E-state index contributed by atoms with van der Waals surface area (Å²) in [5.74, 6) is -1.20. The first kappa shape index (κ1) is 24.3. The summed E-state index contributed by atoms with van der Waals surface area (Å²) in [6, 6.07) is 7.94. The molecule has 5 N–H and O–H groups in total. The zero-order chi connectivity index (χ0) is 21.8. The van der Waals surface area contributed by atoms with Gasteiger partial charge in [-0.2, -0.15) is 0 Å². The number of nitrogens with one attached hydrogen (secondary N) is 2. The fourth-order valence-corrected chi connectivity index (χ4v) is 3.56. The molecule has 1 fully saturated rings. The first-order chi connectivity index (χ1) is 14.5. The molecule has 2 amide bonds. The summed E-state index contributed by atoms with van der Waals surface area (Å²) in [5.41, 5.74) is 7.64. The van der Waals surface area contributed by atoms with Crippen LogP contribution in [-0.4, -0.2) is 79.1 Å². The van der Waals surface area contributed by atoms with Crippen LogP contribution >= 0.6 is 0 Å². The Hall–Kier alpha value is -2.00. The van der Waals surface area contributed by atoms with E-state index in [1.807, 2.05) is 31.3 Å². The lowest BCUT2D eigenvalue weighted by Gasteiger charge is -2.30. The third kappa shape index (κ3) is 8.79. The van der Waals surface area contributed by atoms with E-state index in [2.05, 4.69) is 20.4 Å². The van der Waals surface area contributed by atoms with Crippen LogP contribution in [0, 0.1) is 0 Å². The summed E-state index contributed by atoms with van der Waals surface area (Å²) < 4.78 is 0. The highest BCUT2D eigenvalue weighted by molar-refractivity contribution is 6.35. The molecule has 0 spiro atoms. The van der Waals surface area contributed by atoms with E-state index in [0.29, 0.717) is 19.6 Å². The summed E-state index contributed by atoms with van der Waals surface area (Å²) in [5, 5.41) is 15.1. The Labute approximate surface area is 179 Å². The molecule has 0 aromatic heterocycles. The number of amides is 2. The van der Waals surface area contributed by atoms with E-state index in [0.717, 1.165) is 69.5 Å². The second-order valence-electron chi connectivity index (χ2n) is 8.01. The number of nitrogens with two attached hydrogens (primary N) is 1. The van der Waals surface area contributed by atoms with E-state index >= 15 is 0 Å². The predicted molar refractivity (Wildman–Crippen MR) is 118 cm³/mol. The maximum absolute atomic E-state index is 12.1. The van der Waals surface area contributed by atoms with Crippen LogP contribution in [0.1, 0.15) is 36.8 Å². The van der Waals surface area contributed by atoms with Gasteiger partial charge in [-0.1, -0.05) is 24.3 Å². The number of carbonyl (C=O) groups excluding carboxylic acids is 2. The third-order valence-corrected chi connectivity index (χ3v) is 5.46. The molecular formula is C22H37N5O3. The van der Waals surface area contributed by atoms with E-state index in [1.165, 1.54) is 0 Å². The Morgan fingerprint density at radius 3 is 2.43 bits per heavy atom. The largest absolute Gasteiger partial charge is 0.393 e. The molecule has 1 aromatic carbocycles. The topological polar surface area (TPSA) is 111 Å². The average Bonchev–Trinajstić information content (AvgIpc) is 2.75. The Bertz CT molecular complexity index is 662. The fourth-order valence-electron chi connectivity index (χ4n) is 3.56. The number of aliphatic hydroxyl groups excluding tert-OH is 1. The van der Waals surface area contributed by atoms with Crippen molar-refractivity contribution in [3.05, 3.63) is 35.4 Å². The Kier molecular flexibility index (Phi) is 10.8. The number of piperidine rings is 1. The van der Waals surface area contributed by atoms with Gasteiger partial charge in [0.2, 0.25) is 0 Å². The molecule has 1 aromatic rings. The molecule has 1 aliphatic rings. The Morgan fingerprint density at radius 1 is 1.10 bits per heavy atom. The predicted octanol–water partition coefficient (Wildman–Crippen LogP) is 0.0464. The molecule has 0 atom stereocenters. The highest BCUT2D eigenvalue weighted by Crippen LogP contribution is 2.16. The highest BCUT2D eigenvalue weighted by Gasteiger charge is 2.18. The second kappa shape index (κ2) is 13.3. The van der Waals surface area contributed by atoms with Crippen molar-refractivity contribution in [3.8, 4) is 0 Å². The molecule has 0 unspecified atom stereocenters. The molecular weight excluding hydrogens is 382 g/mol. The van der Waals surface area contributed by atoms with E-state index in [-0.39, 0.29) is 6.10 Å². The molecule has 0 radical (unpaired) electrons. The normalized spacial score (nSPS) is 15.3. The van der Waals surface area contributed by atoms with Crippen molar-refractivity contribution in [2.75, 3.05) is 46.3 Å². The van der Waals surface area contributed by atoms with Crippen molar-refractivity contribution in [1.82, 2.24) is 20.4 Å². The molecule has 30 heavy (non-hydrogen) atoms. The number of rotatable bonds is 11. The maximum Gasteiger partial charge on any atom is 0.309 e. The lowest BCUT2D eigenvalue weighted by molar-refractivity contribution is -0.139. The molecule has 8 heteroatoms. The van der Waals surface area contributed by atoms with E-state index < -0.39 is 11.8 Å². The van der Waals surface area contributed by atoms with Crippen LogP contribution in [0.3, 0.4) is 0 Å². The zero-order valence-electron chi connectivity index (χ0n) is 18.1. The number of carbonyl (C=O) groups is 2. The van der Waals surface area contributed by atoms with Crippen LogP contribution in [0.15, 0.2) is 24.3 Å². The van der Waals surface area contributed by atoms with Gasteiger partial charge in [-0.05, 0) is 63.5 Å². The molecule has 1 saturated heterocycles. The number of hydrogen-bond acceptors (Lipinski definition) is 6. The lowest BCUT2D eigenvalue weighted by atomic mass is 10.0. The summed E-state index contributed by atoms with van der Waals surface area (Å²) in [7, 11) is 2.02. The molecule has 8 nitrogen and oxygen atoms in total.